The Labute approximate surface area is 342 Å². The van der Waals surface area contributed by atoms with Crippen LogP contribution in [-0.4, -0.2) is 37.2 Å². The van der Waals surface area contributed by atoms with Gasteiger partial charge in [-0.05, 0) is 37.0 Å². The van der Waals surface area contributed by atoms with Gasteiger partial charge in [0.1, 0.15) is 13.2 Å². The number of rotatable bonds is 42. The minimum absolute atomic E-state index is 0.0661. The zero-order valence-electron chi connectivity index (χ0n) is 37.7. The number of ether oxygens (including phenoxy) is 3. The van der Waals surface area contributed by atoms with Crippen LogP contribution < -0.4 is 0 Å². The summed E-state index contributed by atoms with van der Waals surface area (Å²) in [7, 11) is 0. The van der Waals surface area contributed by atoms with Gasteiger partial charge in [0, 0.05) is 19.3 Å². The molecule has 2 atom stereocenters. The van der Waals surface area contributed by atoms with Crippen molar-refractivity contribution in [3.05, 3.63) is 0 Å². The van der Waals surface area contributed by atoms with E-state index in [-0.39, 0.29) is 31.1 Å². The van der Waals surface area contributed by atoms with Crippen molar-refractivity contribution in [1.82, 2.24) is 0 Å². The van der Waals surface area contributed by atoms with Gasteiger partial charge in [-0.2, -0.15) is 0 Å². The van der Waals surface area contributed by atoms with E-state index in [2.05, 4.69) is 41.5 Å². The van der Waals surface area contributed by atoms with Crippen molar-refractivity contribution in [2.24, 2.45) is 17.8 Å². The average molecular weight is 779 g/mol. The smallest absolute Gasteiger partial charge is 0.306 e. The molecule has 0 aromatic rings. The zero-order chi connectivity index (χ0) is 40.6. The lowest BCUT2D eigenvalue weighted by atomic mass is 9.99. The van der Waals surface area contributed by atoms with Gasteiger partial charge in [-0.15, -0.1) is 0 Å². The summed E-state index contributed by atoms with van der Waals surface area (Å²) < 4.78 is 16.8. The number of hydrogen-bond acceptors (Lipinski definition) is 6. The molecule has 0 saturated heterocycles. The van der Waals surface area contributed by atoms with Crippen LogP contribution in [-0.2, 0) is 28.6 Å². The SMILES string of the molecule is CCC(C)CCCCCCCCCCC(=O)OC[C@H](COC(=O)CCCCCCCCCCC(C)C)OC(=O)CCCCCCCCCCCCCC(C)C. The van der Waals surface area contributed by atoms with E-state index in [0.29, 0.717) is 19.3 Å². The Kier molecular flexibility index (Phi) is 39.4. The molecule has 0 amide bonds. The zero-order valence-corrected chi connectivity index (χ0v) is 37.7. The third-order valence-electron chi connectivity index (χ3n) is 11.3. The van der Waals surface area contributed by atoms with E-state index in [4.69, 9.17) is 14.2 Å². The van der Waals surface area contributed by atoms with Crippen molar-refractivity contribution in [2.75, 3.05) is 13.2 Å². The summed E-state index contributed by atoms with van der Waals surface area (Å²) in [6.45, 7) is 13.7. The maximum absolute atomic E-state index is 12.7. The fourth-order valence-electron chi connectivity index (χ4n) is 7.20. The van der Waals surface area contributed by atoms with E-state index < -0.39 is 6.10 Å². The molecule has 0 saturated carbocycles. The second-order valence-corrected chi connectivity index (χ2v) is 17.9. The van der Waals surface area contributed by atoms with Gasteiger partial charge in [0.15, 0.2) is 6.10 Å². The van der Waals surface area contributed by atoms with E-state index in [1.54, 1.807) is 0 Å². The molecular formula is C49H94O6. The van der Waals surface area contributed by atoms with Crippen LogP contribution in [0.15, 0.2) is 0 Å². The van der Waals surface area contributed by atoms with Crippen molar-refractivity contribution in [1.29, 1.82) is 0 Å². The molecule has 0 heterocycles. The predicted octanol–water partition coefficient (Wildman–Crippen LogP) is 15.2. The van der Waals surface area contributed by atoms with Gasteiger partial charge in [-0.1, -0.05) is 221 Å². The Morgan fingerprint density at radius 3 is 0.945 bits per heavy atom. The Bertz CT molecular complexity index is 854. The number of unbranched alkanes of at least 4 members (excludes halogenated alkanes) is 24. The van der Waals surface area contributed by atoms with Crippen LogP contribution in [0.3, 0.4) is 0 Å². The molecule has 0 N–H and O–H groups in total. The summed E-state index contributed by atoms with van der Waals surface area (Å²) in [5.41, 5.74) is 0. The molecule has 0 aliphatic carbocycles. The molecule has 0 radical (unpaired) electrons. The van der Waals surface area contributed by atoms with Crippen LogP contribution >= 0.6 is 0 Å². The largest absolute Gasteiger partial charge is 0.462 e. The molecule has 0 spiro atoms. The highest BCUT2D eigenvalue weighted by molar-refractivity contribution is 5.71. The van der Waals surface area contributed by atoms with Gasteiger partial charge in [0.25, 0.3) is 0 Å². The highest BCUT2D eigenvalue weighted by Crippen LogP contribution is 2.17. The lowest BCUT2D eigenvalue weighted by Crippen LogP contribution is -2.30. The summed E-state index contributed by atoms with van der Waals surface area (Å²) in [5, 5.41) is 0. The third-order valence-corrected chi connectivity index (χ3v) is 11.3. The number of hydrogen-bond donors (Lipinski definition) is 0. The van der Waals surface area contributed by atoms with Gasteiger partial charge < -0.3 is 14.2 Å². The first kappa shape index (κ1) is 53.4. The van der Waals surface area contributed by atoms with E-state index in [9.17, 15) is 14.4 Å². The van der Waals surface area contributed by atoms with Gasteiger partial charge in [0.05, 0.1) is 0 Å². The normalized spacial score (nSPS) is 12.7. The molecule has 55 heavy (non-hydrogen) atoms. The minimum Gasteiger partial charge on any atom is -0.462 e. The number of carbonyl (C=O) groups is 3. The first-order valence-corrected chi connectivity index (χ1v) is 24.1. The molecule has 0 aliphatic heterocycles. The summed E-state index contributed by atoms with van der Waals surface area (Å²) in [6, 6.07) is 0. The predicted molar refractivity (Wildman–Crippen MR) is 233 cm³/mol. The summed E-state index contributed by atoms with van der Waals surface area (Å²) in [4.78, 5) is 37.8. The van der Waals surface area contributed by atoms with Crippen LogP contribution in [0.1, 0.15) is 260 Å². The molecule has 0 fully saturated rings. The third kappa shape index (κ3) is 41.9. The quantitative estimate of drug-likeness (QED) is 0.0349. The summed E-state index contributed by atoms with van der Waals surface area (Å²) >= 11 is 0. The lowest BCUT2D eigenvalue weighted by molar-refractivity contribution is -0.167. The van der Waals surface area contributed by atoms with E-state index in [1.165, 1.54) is 141 Å². The van der Waals surface area contributed by atoms with Crippen LogP contribution in [0.2, 0.25) is 0 Å². The topological polar surface area (TPSA) is 78.9 Å². The van der Waals surface area contributed by atoms with Gasteiger partial charge in [0.2, 0.25) is 0 Å². The van der Waals surface area contributed by atoms with Gasteiger partial charge >= 0.3 is 17.9 Å². The summed E-state index contributed by atoms with van der Waals surface area (Å²) in [6.07, 6.45) is 38.0. The van der Waals surface area contributed by atoms with E-state index >= 15 is 0 Å². The maximum Gasteiger partial charge on any atom is 0.306 e. The lowest BCUT2D eigenvalue weighted by Gasteiger charge is -2.18. The van der Waals surface area contributed by atoms with Crippen LogP contribution in [0.25, 0.3) is 0 Å². The molecular weight excluding hydrogens is 685 g/mol. The fraction of sp³-hybridized carbons (Fsp3) is 0.939. The van der Waals surface area contributed by atoms with Gasteiger partial charge in [-0.3, -0.25) is 14.4 Å². The molecule has 6 nitrogen and oxygen atoms in total. The monoisotopic (exact) mass is 779 g/mol. The van der Waals surface area contributed by atoms with Crippen LogP contribution in [0.5, 0.6) is 0 Å². The van der Waals surface area contributed by atoms with E-state index in [0.717, 1.165) is 75.5 Å². The molecule has 0 aliphatic rings. The van der Waals surface area contributed by atoms with E-state index in [1.807, 2.05) is 0 Å². The molecule has 0 bridgehead atoms. The van der Waals surface area contributed by atoms with Crippen LogP contribution in [0, 0.1) is 17.8 Å². The Morgan fingerprint density at radius 2 is 0.636 bits per heavy atom. The molecule has 1 unspecified atom stereocenters. The standard InChI is InChI=1S/C49H94O6/c1-7-45(6)37-31-25-19-14-16-21-27-33-39-48(51)54-42-46(41-53-47(50)38-32-26-20-15-13-18-24-30-36-44(4)5)55-49(52)40-34-28-22-12-10-8-9-11-17-23-29-35-43(2)3/h43-46H,7-42H2,1-6H3/t45?,46-/m0/s1. The second kappa shape index (κ2) is 40.6. The van der Waals surface area contributed by atoms with Crippen molar-refractivity contribution >= 4 is 17.9 Å². The average Bonchev–Trinajstić information content (AvgIpc) is 3.15. The molecule has 326 valence electrons. The van der Waals surface area contributed by atoms with Gasteiger partial charge in [-0.25, -0.2) is 0 Å². The van der Waals surface area contributed by atoms with Crippen molar-refractivity contribution in [2.45, 2.75) is 266 Å². The van der Waals surface area contributed by atoms with Crippen molar-refractivity contribution in [3.8, 4) is 0 Å². The highest BCUT2D eigenvalue weighted by atomic mass is 16.6. The Balaban J connectivity index is 4.35. The number of carbonyl (C=O) groups excluding carboxylic acids is 3. The van der Waals surface area contributed by atoms with Crippen molar-refractivity contribution < 1.29 is 28.6 Å². The first-order valence-electron chi connectivity index (χ1n) is 24.1. The first-order chi connectivity index (χ1) is 26.6. The maximum atomic E-state index is 12.7. The second-order valence-electron chi connectivity index (χ2n) is 17.9. The molecule has 6 heteroatoms. The number of esters is 3. The molecule has 0 aromatic carbocycles. The molecule has 0 aromatic heterocycles. The van der Waals surface area contributed by atoms with Crippen molar-refractivity contribution in [3.63, 3.8) is 0 Å². The minimum atomic E-state index is -0.762. The van der Waals surface area contributed by atoms with Crippen LogP contribution in [0.4, 0.5) is 0 Å². The summed E-state index contributed by atoms with van der Waals surface area (Å²) in [5.74, 6) is 1.61. The Hall–Kier alpha value is -1.59. The molecule has 0 rings (SSSR count). The fourth-order valence-corrected chi connectivity index (χ4v) is 7.20. The highest BCUT2D eigenvalue weighted by Gasteiger charge is 2.19. The Morgan fingerprint density at radius 1 is 0.364 bits per heavy atom.